The van der Waals surface area contributed by atoms with Gasteiger partial charge in [-0.1, -0.05) is 0 Å². The maximum Gasteiger partial charge on any atom is 0.262 e. The van der Waals surface area contributed by atoms with E-state index < -0.39 is 10.0 Å². The van der Waals surface area contributed by atoms with Crippen LogP contribution in [0.1, 0.15) is 21.5 Å². The molecule has 10 heteroatoms. The molecule has 1 fully saturated rings. The number of anilines is 1. The van der Waals surface area contributed by atoms with Crippen LogP contribution in [0.15, 0.2) is 41.3 Å². The minimum absolute atomic E-state index is 0.120. The zero-order valence-electron chi connectivity index (χ0n) is 16.8. The van der Waals surface area contributed by atoms with Gasteiger partial charge in [-0.25, -0.2) is 8.42 Å². The molecular weight excluding hydrogens is 420 g/mol. The lowest BCUT2D eigenvalue weighted by Crippen LogP contribution is -2.50. The molecule has 0 atom stereocenters. The van der Waals surface area contributed by atoms with Crippen molar-refractivity contribution in [1.82, 2.24) is 9.21 Å². The SMILES string of the molecule is Cc1cc2c(cc1S(=O)(=O)N1CCN(C(=O)c3ccc(C#N)cc3)CC1)OCC(=O)N2. The van der Waals surface area contributed by atoms with Crippen LogP contribution in [-0.2, 0) is 14.8 Å². The number of nitriles is 1. The Hall–Kier alpha value is -3.42. The Bertz CT molecular complexity index is 1190. The molecule has 2 aromatic rings. The molecule has 2 aromatic carbocycles. The highest BCUT2D eigenvalue weighted by atomic mass is 32.2. The number of hydrogen-bond donors (Lipinski definition) is 1. The van der Waals surface area contributed by atoms with Gasteiger partial charge in [0.2, 0.25) is 10.0 Å². The van der Waals surface area contributed by atoms with Crippen molar-refractivity contribution in [3.63, 3.8) is 0 Å². The summed E-state index contributed by atoms with van der Waals surface area (Å²) in [7, 11) is -3.80. The Kier molecular flexibility index (Phi) is 5.39. The van der Waals surface area contributed by atoms with Gasteiger partial charge in [-0.2, -0.15) is 9.57 Å². The number of carbonyl (C=O) groups is 2. The summed E-state index contributed by atoms with van der Waals surface area (Å²) in [6, 6.07) is 11.4. The lowest BCUT2D eigenvalue weighted by atomic mass is 10.1. The lowest BCUT2D eigenvalue weighted by Gasteiger charge is -2.34. The van der Waals surface area contributed by atoms with E-state index in [-0.39, 0.29) is 49.5 Å². The summed E-state index contributed by atoms with van der Waals surface area (Å²) in [6.45, 7) is 2.35. The summed E-state index contributed by atoms with van der Waals surface area (Å²) in [6.07, 6.45) is 0. The number of carbonyl (C=O) groups excluding carboxylic acids is 2. The first-order valence-corrected chi connectivity index (χ1v) is 11.1. The Morgan fingerprint density at radius 1 is 1.13 bits per heavy atom. The topological polar surface area (TPSA) is 120 Å². The van der Waals surface area contributed by atoms with Crippen molar-refractivity contribution in [3.05, 3.63) is 53.1 Å². The van der Waals surface area contributed by atoms with E-state index in [1.165, 1.54) is 10.4 Å². The first-order valence-electron chi connectivity index (χ1n) is 9.66. The van der Waals surface area contributed by atoms with E-state index in [1.807, 2.05) is 6.07 Å². The van der Waals surface area contributed by atoms with Crippen molar-refractivity contribution in [2.45, 2.75) is 11.8 Å². The molecule has 0 bridgehead atoms. The Morgan fingerprint density at radius 2 is 1.81 bits per heavy atom. The van der Waals surface area contributed by atoms with Crippen LogP contribution in [-0.4, -0.2) is 62.2 Å². The molecule has 2 heterocycles. The average molecular weight is 440 g/mol. The first kappa shape index (κ1) is 20.8. The van der Waals surface area contributed by atoms with Crippen LogP contribution in [0.5, 0.6) is 5.75 Å². The predicted molar refractivity (Wildman–Crippen MR) is 111 cm³/mol. The van der Waals surface area contributed by atoms with Crippen molar-refractivity contribution in [1.29, 1.82) is 5.26 Å². The van der Waals surface area contributed by atoms with Gasteiger partial charge in [0, 0.05) is 37.8 Å². The molecule has 0 radical (unpaired) electrons. The van der Waals surface area contributed by atoms with Gasteiger partial charge in [-0.05, 0) is 42.8 Å². The van der Waals surface area contributed by atoms with Gasteiger partial charge in [0.15, 0.2) is 6.61 Å². The number of nitrogens with zero attached hydrogens (tertiary/aromatic N) is 3. The highest BCUT2D eigenvalue weighted by Crippen LogP contribution is 2.34. The number of aryl methyl sites for hydroxylation is 1. The molecule has 2 aliphatic heterocycles. The average Bonchev–Trinajstić information content (AvgIpc) is 2.78. The van der Waals surface area contributed by atoms with Gasteiger partial charge in [0.25, 0.3) is 11.8 Å². The Morgan fingerprint density at radius 3 is 2.45 bits per heavy atom. The maximum absolute atomic E-state index is 13.2. The zero-order chi connectivity index (χ0) is 22.2. The standard InChI is InChI=1S/C21H20N4O5S/c1-14-10-17-18(30-13-20(26)23-17)11-19(14)31(28,29)25-8-6-24(7-9-25)21(27)16-4-2-15(12-22)3-5-16/h2-5,10-11H,6-9,13H2,1H3,(H,23,26). The van der Waals surface area contributed by atoms with Crippen LogP contribution in [0, 0.1) is 18.3 Å². The molecule has 1 saturated heterocycles. The van der Waals surface area contributed by atoms with E-state index in [1.54, 1.807) is 42.2 Å². The molecule has 0 spiro atoms. The smallest absolute Gasteiger partial charge is 0.262 e. The number of piperazine rings is 1. The first-order chi connectivity index (χ1) is 14.8. The maximum atomic E-state index is 13.2. The van der Waals surface area contributed by atoms with Crippen LogP contribution >= 0.6 is 0 Å². The van der Waals surface area contributed by atoms with Crippen molar-refractivity contribution in [2.24, 2.45) is 0 Å². The van der Waals surface area contributed by atoms with Gasteiger partial charge < -0.3 is 15.0 Å². The van der Waals surface area contributed by atoms with Crippen LogP contribution in [0.4, 0.5) is 5.69 Å². The second-order valence-electron chi connectivity index (χ2n) is 7.34. The molecule has 0 saturated carbocycles. The van der Waals surface area contributed by atoms with Crippen LogP contribution < -0.4 is 10.1 Å². The molecule has 0 unspecified atom stereocenters. The molecule has 9 nitrogen and oxygen atoms in total. The third kappa shape index (κ3) is 3.97. The lowest BCUT2D eigenvalue weighted by molar-refractivity contribution is -0.118. The molecule has 2 aliphatic rings. The Labute approximate surface area is 179 Å². The minimum atomic E-state index is -3.80. The predicted octanol–water partition coefficient (Wildman–Crippen LogP) is 1.34. The summed E-state index contributed by atoms with van der Waals surface area (Å²) < 4.78 is 33.2. The number of sulfonamides is 1. The second-order valence-corrected chi connectivity index (χ2v) is 9.24. The van der Waals surface area contributed by atoms with Crippen LogP contribution in [0.25, 0.3) is 0 Å². The number of rotatable bonds is 3. The van der Waals surface area contributed by atoms with E-state index in [9.17, 15) is 18.0 Å². The van der Waals surface area contributed by atoms with Crippen LogP contribution in [0.2, 0.25) is 0 Å². The van der Waals surface area contributed by atoms with Gasteiger partial charge in [-0.15, -0.1) is 0 Å². The quantitative estimate of drug-likeness (QED) is 0.769. The number of nitrogens with one attached hydrogen (secondary N) is 1. The third-order valence-corrected chi connectivity index (χ3v) is 7.36. The Balaban J connectivity index is 1.48. The highest BCUT2D eigenvalue weighted by Gasteiger charge is 2.32. The molecule has 1 N–H and O–H groups in total. The molecule has 4 rings (SSSR count). The summed E-state index contributed by atoms with van der Waals surface area (Å²) in [5.74, 6) is -0.167. The number of benzene rings is 2. The highest BCUT2D eigenvalue weighted by molar-refractivity contribution is 7.89. The zero-order valence-corrected chi connectivity index (χ0v) is 17.6. The molecule has 0 aromatic heterocycles. The number of amides is 2. The molecular formula is C21H20N4O5S. The summed E-state index contributed by atoms with van der Waals surface area (Å²) in [5.41, 5.74) is 1.88. The molecule has 160 valence electrons. The molecule has 31 heavy (non-hydrogen) atoms. The summed E-state index contributed by atoms with van der Waals surface area (Å²) >= 11 is 0. The van der Waals surface area contributed by atoms with E-state index in [0.717, 1.165) is 0 Å². The minimum Gasteiger partial charge on any atom is -0.482 e. The van der Waals surface area contributed by atoms with Crippen molar-refractivity contribution in [3.8, 4) is 11.8 Å². The number of fused-ring (bicyclic) bond motifs is 1. The van der Waals surface area contributed by atoms with Crippen molar-refractivity contribution >= 4 is 27.5 Å². The fourth-order valence-corrected chi connectivity index (χ4v) is 5.28. The second kappa shape index (κ2) is 8.02. The van der Waals surface area contributed by atoms with Gasteiger partial charge >= 0.3 is 0 Å². The summed E-state index contributed by atoms with van der Waals surface area (Å²) in [5, 5.41) is 11.5. The molecule has 2 amide bonds. The van der Waals surface area contributed by atoms with E-state index in [4.69, 9.17) is 10.00 Å². The number of ether oxygens (including phenoxy) is 1. The third-order valence-electron chi connectivity index (χ3n) is 5.31. The fraction of sp³-hybridized carbons (Fsp3) is 0.286. The summed E-state index contributed by atoms with van der Waals surface area (Å²) in [4.78, 5) is 25.9. The van der Waals surface area contributed by atoms with E-state index in [0.29, 0.717) is 28.1 Å². The fourth-order valence-electron chi connectivity index (χ4n) is 3.63. The van der Waals surface area contributed by atoms with Gasteiger partial charge in [0.05, 0.1) is 22.2 Å². The normalized spacial score (nSPS) is 16.6. The van der Waals surface area contributed by atoms with E-state index in [2.05, 4.69) is 5.32 Å². The monoisotopic (exact) mass is 440 g/mol. The van der Waals surface area contributed by atoms with E-state index >= 15 is 0 Å². The van der Waals surface area contributed by atoms with Crippen LogP contribution in [0.3, 0.4) is 0 Å². The number of hydrogen-bond acceptors (Lipinski definition) is 6. The largest absolute Gasteiger partial charge is 0.482 e. The van der Waals surface area contributed by atoms with Crippen molar-refractivity contribution in [2.75, 3.05) is 38.1 Å². The van der Waals surface area contributed by atoms with Crippen molar-refractivity contribution < 1.29 is 22.7 Å². The molecule has 0 aliphatic carbocycles. The van der Waals surface area contributed by atoms with Gasteiger partial charge in [-0.3, -0.25) is 9.59 Å². The van der Waals surface area contributed by atoms with Gasteiger partial charge in [0.1, 0.15) is 5.75 Å².